The van der Waals surface area contributed by atoms with Gasteiger partial charge in [0.25, 0.3) is 0 Å². The van der Waals surface area contributed by atoms with Gasteiger partial charge >= 0.3 is 0 Å². The molecule has 0 atom stereocenters. The molecule has 0 aliphatic rings. The standard InChI is InChI=1S/C13H15ClN2S/c1-9(7-14)8-16-4-3-11-12(16)5-10(15)6-13(11)17-2/h3-7H,8,15H2,1-2H3/b9-7+. The second-order valence-corrected chi connectivity index (χ2v) is 5.12. The lowest BCUT2D eigenvalue weighted by atomic mass is 10.2. The van der Waals surface area contributed by atoms with Gasteiger partial charge in [-0.05, 0) is 37.0 Å². The average Bonchev–Trinajstić information content (AvgIpc) is 2.71. The van der Waals surface area contributed by atoms with Crippen molar-refractivity contribution in [2.75, 3.05) is 12.0 Å². The molecule has 0 bridgehead atoms. The minimum absolute atomic E-state index is 0.796. The molecule has 4 heteroatoms. The van der Waals surface area contributed by atoms with E-state index in [1.54, 1.807) is 17.3 Å². The number of rotatable bonds is 3. The van der Waals surface area contributed by atoms with E-state index >= 15 is 0 Å². The van der Waals surface area contributed by atoms with Crippen LogP contribution in [0.2, 0.25) is 0 Å². The van der Waals surface area contributed by atoms with Crippen molar-refractivity contribution in [3.63, 3.8) is 0 Å². The predicted octanol–water partition coefficient (Wildman–Crippen LogP) is 4.09. The summed E-state index contributed by atoms with van der Waals surface area (Å²) in [6.45, 7) is 2.81. The fourth-order valence-corrected chi connectivity index (χ4v) is 2.61. The number of fused-ring (bicyclic) bond motifs is 1. The van der Waals surface area contributed by atoms with Crippen molar-refractivity contribution in [2.45, 2.75) is 18.4 Å². The maximum Gasteiger partial charge on any atom is 0.0515 e. The van der Waals surface area contributed by atoms with Crippen molar-refractivity contribution in [1.82, 2.24) is 4.57 Å². The molecular weight excluding hydrogens is 252 g/mol. The Labute approximate surface area is 110 Å². The van der Waals surface area contributed by atoms with E-state index in [1.807, 2.05) is 19.1 Å². The van der Waals surface area contributed by atoms with Crippen LogP contribution in [0.25, 0.3) is 10.9 Å². The van der Waals surface area contributed by atoms with Crippen molar-refractivity contribution in [3.05, 3.63) is 35.5 Å². The molecule has 0 aliphatic heterocycles. The van der Waals surface area contributed by atoms with Crippen LogP contribution < -0.4 is 5.73 Å². The maximum absolute atomic E-state index is 5.92. The minimum Gasteiger partial charge on any atom is -0.399 e. The molecule has 2 rings (SSSR count). The molecule has 0 radical (unpaired) electrons. The van der Waals surface area contributed by atoms with E-state index in [-0.39, 0.29) is 0 Å². The minimum atomic E-state index is 0.796. The Hall–Kier alpha value is -1.06. The lowest BCUT2D eigenvalue weighted by Crippen LogP contribution is -1.97. The summed E-state index contributed by atoms with van der Waals surface area (Å²) in [6.07, 6.45) is 4.14. The molecule has 90 valence electrons. The number of nitrogen functional groups attached to an aromatic ring is 1. The number of aromatic nitrogens is 1. The fourth-order valence-electron chi connectivity index (χ4n) is 1.89. The van der Waals surface area contributed by atoms with E-state index in [1.165, 1.54) is 10.3 Å². The number of hydrogen-bond acceptors (Lipinski definition) is 2. The summed E-state index contributed by atoms with van der Waals surface area (Å²) >= 11 is 7.42. The highest BCUT2D eigenvalue weighted by molar-refractivity contribution is 7.98. The van der Waals surface area contributed by atoms with Gasteiger partial charge in [-0.25, -0.2) is 0 Å². The molecule has 2 aromatic rings. The number of anilines is 1. The number of allylic oxidation sites excluding steroid dienone is 1. The van der Waals surface area contributed by atoms with Crippen LogP contribution in [0.1, 0.15) is 6.92 Å². The van der Waals surface area contributed by atoms with Gasteiger partial charge in [-0.2, -0.15) is 0 Å². The first-order valence-electron chi connectivity index (χ1n) is 5.34. The Bertz CT molecular complexity index is 572. The van der Waals surface area contributed by atoms with E-state index in [2.05, 4.69) is 23.1 Å². The lowest BCUT2D eigenvalue weighted by Gasteiger charge is -2.07. The van der Waals surface area contributed by atoms with Crippen molar-refractivity contribution >= 4 is 40.0 Å². The third kappa shape index (κ3) is 2.45. The number of hydrogen-bond donors (Lipinski definition) is 1. The van der Waals surface area contributed by atoms with E-state index < -0.39 is 0 Å². The molecule has 1 heterocycles. The van der Waals surface area contributed by atoms with Gasteiger partial charge in [-0.3, -0.25) is 0 Å². The largest absolute Gasteiger partial charge is 0.399 e. The van der Waals surface area contributed by atoms with Crippen molar-refractivity contribution in [3.8, 4) is 0 Å². The number of thioether (sulfide) groups is 1. The first kappa shape index (κ1) is 12.4. The van der Waals surface area contributed by atoms with Gasteiger partial charge in [-0.15, -0.1) is 11.8 Å². The Balaban J connectivity index is 2.56. The predicted molar refractivity (Wildman–Crippen MR) is 77.7 cm³/mol. The highest BCUT2D eigenvalue weighted by Crippen LogP contribution is 2.30. The molecule has 0 aliphatic carbocycles. The van der Waals surface area contributed by atoms with E-state index in [0.717, 1.165) is 23.3 Å². The molecule has 2 N–H and O–H groups in total. The molecule has 0 unspecified atom stereocenters. The van der Waals surface area contributed by atoms with Crippen LogP contribution in [0.3, 0.4) is 0 Å². The van der Waals surface area contributed by atoms with Crippen LogP contribution in [-0.2, 0) is 6.54 Å². The highest BCUT2D eigenvalue weighted by atomic mass is 35.5. The van der Waals surface area contributed by atoms with Crippen LogP contribution in [0, 0.1) is 0 Å². The van der Waals surface area contributed by atoms with E-state index in [9.17, 15) is 0 Å². The Morgan fingerprint density at radius 1 is 1.53 bits per heavy atom. The van der Waals surface area contributed by atoms with Crippen molar-refractivity contribution in [1.29, 1.82) is 0 Å². The molecule has 0 saturated carbocycles. The van der Waals surface area contributed by atoms with E-state index in [4.69, 9.17) is 17.3 Å². The molecule has 2 nitrogen and oxygen atoms in total. The summed E-state index contributed by atoms with van der Waals surface area (Å²) in [5.74, 6) is 0. The molecule has 1 aromatic heterocycles. The Morgan fingerprint density at radius 2 is 2.29 bits per heavy atom. The number of benzene rings is 1. The zero-order valence-electron chi connectivity index (χ0n) is 9.90. The molecule has 0 spiro atoms. The summed E-state index contributed by atoms with van der Waals surface area (Å²) in [5, 5.41) is 1.24. The Kier molecular flexibility index (Phi) is 3.69. The highest BCUT2D eigenvalue weighted by Gasteiger charge is 2.07. The van der Waals surface area contributed by atoms with Gasteiger partial charge in [0.05, 0.1) is 5.52 Å². The third-order valence-electron chi connectivity index (χ3n) is 2.70. The maximum atomic E-state index is 5.92. The molecule has 0 saturated heterocycles. The summed E-state index contributed by atoms with van der Waals surface area (Å²) < 4.78 is 2.17. The SMILES string of the molecule is CSc1cc(N)cc2c1ccn2C/C(C)=C/Cl. The van der Waals surface area contributed by atoms with Gasteiger partial charge in [-0.1, -0.05) is 11.6 Å². The lowest BCUT2D eigenvalue weighted by molar-refractivity contribution is 0.821. The van der Waals surface area contributed by atoms with Gasteiger partial charge in [0.1, 0.15) is 0 Å². The van der Waals surface area contributed by atoms with Gasteiger partial charge in [0.15, 0.2) is 0 Å². The summed E-state index contributed by atoms with van der Waals surface area (Å²) in [6, 6.07) is 6.15. The van der Waals surface area contributed by atoms with Crippen LogP contribution >= 0.6 is 23.4 Å². The van der Waals surface area contributed by atoms with Crippen LogP contribution in [0.5, 0.6) is 0 Å². The first-order valence-corrected chi connectivity index (χ1v) is 7.00. The molecule has 0 fully saturated rings. The normalized spacial score (nSPS) is 12.3. The summed E-state index contributed by atoms with van der Waals surface area (Å²) in [7, 11) is 0. The number of nitrogens with zero attached hydrogens (tertiary/aromatic N) is 1. The molecule has 17 heavy (non-hydrogen) atoms. The Morgan fingerprint density at radius 3 is 2.94 bits per heavy atom. The molecule has 1 aromatic carbocycles. The van der Waals surface area contributed by atoms with Crippen molar-refractivity contribution < 1.29 is 0 Å². The third-order valence-corrected chi connectivity index (χ3v) is 3.85. The van der Waals surface area contributed by atoms with Gasteiger partial charge < -0.3 is 10.3 Å². The summed E-state index contributed by atoms with van der Waals surface area (Å²) in [4.78, 5) is 1.21. The van der Waals surface area contributed by atoms with Crippen LogP contribution in [0.4, 0.5) is 5.69 Å². The molecule has 0 amide bonds. The van der Waals surface area contributed by atoms with Crippen LogP contribution in [0.15, 0.2) is 40.4 Å². The number of nitrogens with two attached hydrogens (primary N) is 1. The second kappa shape index (κ2) is 5.07. The quantitative estimate of drug-likeness (QED) is 0.670. The zero-order chi connectivity index (χ0) is 12.4. The smallest absolute Gasteiger partial charge is 0.0515 e. The van der Waals surface area contributed by atoms with Gasteiger partial charge in [0, 0.05) is 34.2 Å². The molecular formula is C13H15ClN2S. The average molecular weight is 267 g/mol. The number of halogens is 1. The monoisotopic (exact) mass is 266 g/mol. The topological polar surface area (TPSA) is 30.9 Å². The second-order valence-electron chi connectivity index (χ2n) is 4.06. The first-order chi connectivity index (χ1) is 8.15. The van der Waals surface area contributed by atoms with Crippen LogP contribution in [-0.4, -0.2) is 10.8 Å². The van der Waals surface area contributed by atoms with E-state index in [0.29, 0.717) is 0 Å². The zero-order valence-corrected chi connectivity index (χ0v) is 11.5. The van der Waals surface area contributed by atoms with Gasteiger partial charge in [0.2, 0.25) is 0 Å². The fraction of sp³-hybridized carbons (Fsp3) is 0.231. The summed E-state index contributed by atoms with van der Waals surface area (Å²) in [5.41, 5.74) is 10.6. The van der Waals surface area contributed by atoms with Crippen molar-refractivity contribution in [2.24, 2.45) is 0 Å².